The molecule has 0 spiro atoms. The van der Waals surface area contributed by atoms with Crippen molar-refractivity contribution in [1.82, 2.24) is 4.98 Å². The number of hydrogen-bond donors (Lipinski definition) is 3. The molecule has 0 unspecified atom stereocenters. The lowest BCUT2D eigenvalue weighted by Crippen LogP contribution is -2.13. The Hall–Kier alpha value is -2.41. The van der Waals surface area contributed by atoms with Crippen LogP contribution in [0.3, 0.4) is 0 Å². The van der Waals surface area contributed by atoms with Crippen molar-refractivity contribution in [2.24, 2.45) is 0 Å². The number of nitrogens with two attached hydrogens (primary N) is 1. The minimum absolute atomic E-state index is 0.0871. The molecule has 0 aliphatic rings. The van der Waals surface area contributed by atoms with Gasteiger partial charge in [0.1, 0.15) is 5.69 Å². The van der Waals surface area contributed by atoms with Crippen LogP contribution in [0.5, 0.6) is 0 Å². The van der Waals surface area contributed by atoms with E-state index in [1.54, 1.807) is 18.2 Å². The quantitative estimate of drug-likeness (QED) is 0.747. The van der Waals surface area contributed by atoms with Gasteiger partial charge in [-0.2, -0.15) is 0 Å². The Morgan fingerprint density at radius 3 is 2.55 bits per heavy atom. The molecule has 0 atom stereocenters. The molecule has 1 amide bonds. The van der Waals surface area contributed by atoms with Crippen molar-refractivity contribution >= 4 is 39.2 Å². The zero-order valence-electron chi connectivity index (χ0n) is 10.1. The summed E-state index contributed by atoms with van der Waals surface area (Å²) in [6.45, 7) is 0. The maximum absolute atomic E-state index is 12.0. The first-order valence-electron chi connectivity index (χ1n) is 5.53. The van der Waals surface area contributed by atoms with E-state index in [-0.39, 0.29) is 11.6 Å². The highest BCUT2D eigenvalue weighted by Gasteiger charge is 2.09. The number of aromatic carboxylic acids is 1. The number of rotatable bonds is 3. The topological polar surface area (TPSA) is 105 Å². The highest BCUT2D eigenvalue weighted by Crippen LogP contribution is 2.20. The summed E-state index contributed by atoms with van der Waals surface area (Å²) < 4.78 is 0.710. The van der Waals surface area contributed by atoms with Crippen LogP contribution in [0.25, 0.3) is 0 Å². The van der Waals surface area contributed by atoms with Crippen LogP contribution in [0.1, 0.15) is 20.8 Å². The summed E-state index contributed by atoms with van der Waals surface area (Å²) in [4.78, 5) is 26.3. The SMILES string of the molecule is Nc1cc(C(=O)Nc2ccc(C(=O)O)nc2)ccc1Br. The average Bonchev–Trinajstić information content (AvgIpc) is 2.42. The molecule has 0 aliphatic carbocycles. The predicted octanol–water partition coefficient (Wildman–Crippen LogP) is 2.38. The number of pyridine rings is 1. The van der Waals surface area contributed by atoms with Gasteiger partial charge in [0.25, 0.3) is 5.91 Å². The molecular weight excluding hydrogens is 326 g/mol. The highest BCUT2D eigenvalue weighted by molar-refractivity contribution is 9.10. The maximum atomic E-state index is 12.0. The molecule has 102 valence electrons. The van der Waals surface area contributed by atoms with E-state index in [1.807, 2.05) is 0 Å². The molecule has 20 heavy (non-hydrogen) atoms. The first kappa shape index (κ1) is 14.0. The third-order valence-electron chi connectivity index (χ3n) is 2.50. The molecule has 2 aromatic rings. The van der Waals surface area contributed by atoms with Gasteiger partial charge in [-0.1, -0.05) is 0 Å². The third-order valence-corrected chi connectivity index (χ3v) is 3.22. The van der Waals surface area contributed by atoms with Crippen molar-refractivity contribution in [2.75, 3.05) is 11.1 Å². The van der Waals surface area contributed by atoms with Crippen molar-refractivity contribution in [2.45, 2.75) is 0 Å². The number of amides is 1. The van der Waals surface area contributed by atoms with Crippen molar-refractivity contribution in [3.63, 3.8) is 0 Å². The summed E-state index contributed by atoms with van der Waals surface area (Å²) in [5.74, 6) is -1.47. The zero-order valence-corrected chi connectivity index (χ0v) is 11.7. The summed E-state index contributed by atoms with van der Waals surface area (Å²) >= 11 is 3.24. The number of nitrogens with zero attached hydrogens (tertiary/aromatic N) is 1. The van der Waals surface area contributed by atoms with Crippen LogP contribution in [0.15, 0.2) is 41.0 Å². The standard InChI is InChI=1S/C13H10BrN3O3/c14-9-3-1-7(5-10(9)15)12(18)17-8-2-4-11(13(19)20)16-6-8/h1-6H,15H2,(H,17,18)(H,19,20). The number of carbonyl (C=O) groups excluding carboxylic acids is 1. The van der Waals surface area contributed by atoms with E-state index in [1.165, 1.54) is 18.3 Å². The molecule has 0 saturated heterocycles. The summed E-state index contributed by atoms with van der Waals surface area (Å²) in [5, 5.41) is 11.3. The first-order chi connectivity index (χ1) is 9.47. The van der Waals surface area contributed by atoms with Gasteiger partial charge in [0.05, 0.1) is 11.9 Å². The molecule has 1 aromatic carbocycles. The van der Waals surface area contributed by atoms with Gasteiger partial charge in [-0.05, 0) is 46.3 Å². The van der Waals surface area contributed by atoms with Crippen molar-refractivity contribution in [3.8, 4) is 0 Å². The maximum Gasteiger partial charge on any atom is 0.354 e. The van der Waals surface area contributed by atoms with Gasteiger partial charge < -0.3 is 16.2 Å². The molecule has 0 radical (unpaired) electrons. The van der Waals surface area contributed by atoms with Crippen LogP contribution < -0.4 is 11.1 Å². The number of nitrogen functional groups attached to an aromatic ring is 1. The normalized spacial score (nSPS) is 10.1. The molecule has 1 aromatic heterocycles. The number of nitrogens with one attached hydrogen (secondary N) is 1. The molecular formula is C13H10BrN3O3. The smallest absolute Gasteiger partial charge is 0.354 e. The first-order valence-corrected chi connectivity index (χ1v) is 6.32. The van der Waals surface area contributed by atoms with Crippen LogP contribution in [0.2, 0.25) is 0 Å². The molecule has 0 bridgehead atoms. The second kappa shape index (κ2) is 5.70. The largest absolute Gasteiger partial charge is 0.477 e. The molecule has 1 heterocycles. The highest BCUT2D eigenvalue weighted by atomic mass is 79.9. The fraction of sp³-hybridized carbons (Fsp3) is 0. The molecule has 0 fully saturated rings. The Bertz CT molecular complexity index is 671. The second-order valence-corrected chi connectivity index (χ2v) is 4.78. The minimum atomic E-state index is -1.12. The van der Waals surface area contributed by atoms with Gasteiger partial charge >= 0.3 is 5.97 Å². The lowest BCUT2D eigenvalue weighted by atomic mass is 10.2. The van der Waals surface area contributed by atoms with E-state index < -0.39 is 5.97 Å². The number of carbonyl (C=O) groups is 2. The molecule has 4 N–H and O–H groups in total. The third kappa shape index (κ3) is 3.12. The van der Waals surface area contributed by atoms with Gasteiger partial charge in [0.15, 0.2) is 0 Å². The second-order valence-electron chi connectivity index (χ2n) is 3.93. The van der Waals surface area contributed by atoms with Gasteiger partial charge in [-0.3, -0.25) is 4.79 Å². The van der Waals surface area contributed by atoms with E-state index in [4.69, 9.17) is 10.8 Å². The lowest BCUT2D eigenvalue weighted by molar-refractivity contribution is 0.0690. The predicted molar refractivity (Wildman–Crippen MR) is 77.7 cm³/mol. The van der Waals surface area contributed by atoms with E-state index in [9.17, 15) is 9.59 Å². The van der Waals surface area contributed by atoms with Gasteiger partial charge in [0.2, 0.25) is 0 Å². The number of benzene rings is 1. The van der Waals surface area contributed by atoms with Gasteiger partial charge in [-0.25, -0.2) is 9.78 Å². The Morgan fingerprint density at radius 2 is 2.00 bits per heavy atom. The molecule has 0 saturated carbocycles. The number of carboxylic acid groups (broad SMARTS) is 1. The van der Waals surface area contributed by atoms with Crippen molar-refractivity contribution in [1.29, 1.82) is 0 Å². The molecule has 6 nitrogen and oxygen atoms in total. The van der Waals surface area contributed by atoms with E-state index in [2.05, 4.69) is 26.2 Å². The Morgan fingerprint density at radius 1 is 1.25 bits per heavy atom. The number of carboxylic acids is 1. The molecule has 7 heteroatoms. The van der Waals surface area contributed by atoms with Gasteiger partial charge in [0, 0.05) is 15.7 Å². The van der Waals surface area contributed by atoms with Gasteiger partial charge in [-0.15, -0.1) is 0 Å². The Balaban J connectivity index is 2.14. The zero-order chi connectivity index (χ0) is 14.7. The number of hydrogen-bond acceptors (Lipinski definition) is 4. The molecule has 0 aliphatic heterocycles. The number of aromatic nitrogens is 1. The monoisotopic (exact) mass is 335 g/mol. The summed E-state index contributed by atoms with van der Waals surface area (Å²) in [5.41, 5.74) is 6.87. The van der Waals surface area contributed by atoms with Crippen LogP contribution in [0.4, 0.5) is 11.4 Å². The fourth-order valence-electron chi connectivity index (χ4n) is 1.48. The minimum Gasteiger partial charge on any atom is -0.477 e. The van der Waals surface area contributed by atoms with Crippen LogP contribution >= 0.6 is 15.9 Å². The number of anilines is 2. The van der Waals surface area contributed by atoms with E-state index in [0.717, 1.165) is 0 Å². The Labute approximate surface area is 122 Å². The van der Waals surface area contributed by atoms with E-state index >= 15 is 0 Å². The van der Waals surface area contributed by atoms with Crippen LogP contribution in [-0.2, 0) is 0 Å². The van der Waals surface area contributed by atoms with Crippen molar-refractivity contribution in [3.05, 3.63) is 52.3 Å². The average molecular weight is 336 g/mol. The Kier molecular flexibility index (Phi) is 3.99. The summed E-state index contributed by atoms with van der Waals surface area (Å²) in [6, 6.07) is 7.62. The van der Waals surface area contributed by atoms with Crippen molar-refractivity contribution < 1.29 is 14.7 Å². The number of halogens is 1. The fourth-order valence-corrected chi connectivity index (χ4v) is 1.73. The van der Waals surface area contributed by atoms with Crippen LogP contribution in [-0.4, -0.2) is 22.0 Å². The molecule has 2 rings (SSSR count). The van der Waals surface area contributed by atoms with Crippen LogP contribution in [0, 0.1) is 0 Å². The summed E-state index contributed by atoms with van der Waals surface area (Å²) in [6.07, 6.45) is 1.28. The van der Waals surface area contributed by atoms with E-state index in [0.29, 0.717) is 21.4 Å². The lowest BCUT2D eigenvalue weighted by Gasteiger charge is -2.06. The summed E-state index contributed by atoms with van der Waals surface area (Å²) in [7, 11) is 0.